The van der Waals surface area contributed by atoms with Crippen molar-refractivity contribution >= 4 is 15.9 Å². The fourth-order valence-corrected chi connectivity index (χ4v) is 1.54. The summed E-state index contributed by atoms with van der Waals surface area (Å²) < 4.78 is 6.61. The number of ether oxygens (including phenoxy) is 1. The van der Waals surface area contributed by atoms with Crippen LogP contribution in [0, 0.1) is 5.92 Å². The zero-order chi connectivity index (χ0) is 11.3. The predicted octanol–water partition coefficient (Wildman–Crippen LogP) is 2.60. The van der Waals surface area contributed by atoms with Gasteiger partial charge in [0.25, 0.3) is 0 Å². The van der Waals surface area contributed by atoms with E-state index in [-0.39, 0.29) is 0 Å². The number of hydrogen-bond donors (Lipinski definition) is 1. The lowest BCUT2D eigenvalue weighted by molar-refractivity contribution is 0.258. The Labute approximate surface area is 99.4 Å². The molecule has 0 aliphatic carbocycles. The quantitative estimate of drug-likeness (QED) is 0.895. The molecule has 1 N–H and O–H groups in total. The Morgan fingerprint density at radius 2 is 2.27 bits per heavy atom. The van der Waals surface area contributed by atoms with Crippen molar-refractivity contribution in [3.05, 3.63) is 22.3 Å². The molecule has 0 fully saturated rings. The van der Waals surface area contributed by atoms with Gasteiger partial charge in [0.05, 0.1) is 6.61 Å². The molecule has 0 spiro atoms. The molecule has 1 rings (SSSR count). The van der Waals surface area contributed by atoms with E-state index in [9.17, 15) is 0 Å². The molecular formula is C11H17BrN2O. The first-order chi connectivity index (χ1) is 7.13. The number of nitrogens with zero attached hydrogens (tertiary/aromatic N) is 1. The van der Waals surface area contributed by atoms with Crippen molar-refractivity contribution < 1.29 is 4.74 Å². The van der Waals surface area contributed by atoms with Crippen molar-refractivity contribution in [2.24, 2.45) is 5.92 Å². The highest BCUT2D eigenvalue weighted by Gasteiger charge is 2.06. The van der Waals surface area contributed by atoms with E-state index in [1.165, 1.54) is 0 Å². The molecule has 0 aliphatic rings. The zero-order valence-electron chi connectivity index (χ0n) is 9.38. The van der Waals surface area contributed by atoms with Gasteiger partial charge in [-0.15, -0.1) is 0 Å². The second-order valence-corrected chi connectivity index (χ2v) is 4.77. The molecule has 1 aromatic rings. The second kappa shape index (κ2) is 6.08. The van der Waals surface area contributed by atoms with E-state index in [1.54, 1.807) is 6.20 Å². The summed E-state index contributed by atoms with van der Waals surface area (Å²) in [6.07, 6.45) is 1.76. The van der Waals surface area contributed by atoms with Gasteiger partial charge in [0, 0.05) is 22.8 Å². The van der Waals surface area contributed by atoms with E-state index in [4.69, 9.17) is 4.74 Å². The minimum atomic E-state index is 0.512. The summed E-state index contributed by atoms with van der Waals surface area (Å²) in [6.45, 7) is 5.71. The molecule has 0 bridgehead atoms. The molecule has 15 heavy (non-hydrogen) atoms. The maximum atomic E-state index is 5.63. The molecular weight excluding hydrogens is 256 g/mol. The van der Waals surface area contributed by atoms with Crippen LogP contribution in [-0.2, 0) is 6.54 Å². The number of halogens is 1. The van der Waals surface area contributed by atoms with E-state index in [1.807, 2.05) is 13.1 Å². The van der Waals surface area contributed by atoms with E-state index in [2.05, 4.69) is 40.1 Å². The fourth-order valence-electron chi connectivity index (χ4n) is 1.16. The largest absolute Gasteiger partial charge is 0.477 e. The summed E-state index contributed by atoms with van der Waals surface area (Å²) in [6, 6.07) is 2.03. The van der Waals surface area contributed by atoms with Crippen molar-refractivity contribution in [1.82, 2.24) is 10.3 Å². The van der Waals surface area contributed by atoms with Crippen LogP contribution in [0.3, 0.4) is 0 Å². The van der Waals surface area contributed by atoms with Crippen molar-refractivity contribution in [1.29, 1.82) is 0 Å². The molecule has 0 unspecified atom stereocenters. The summed E-state index contributed by atoms with van der Waals surface area (Å²) in [7, 11) is 1.91. The van der Waals surface area contributed by atoms with Crippen LogP contribution in [0.25, 0.3) is 0 Å². The van der Waals surface area contributed by atoms with Crippen molar-refractivity contribution in [3.8, 4) is 5.88 Å². The zero-order valence-corrected chi connectivity index (χ0v) is 11.0. The lowest BCUT2D eigenvalue weighted by atomic mass is 10.2. The standard InChI is InChI=1S/C11H17BrN2O/c1-8(2)7-15-11-9(5-13-3)4-10(12)6-14-11/h4,6,8,13H,5,7H2,1-3H3. The highest BCUT2D eigenvalue weighted by molar-refractivity contribution is 9.10. The minimum Gasteiger partial charge on any atom is -0.477 e. The maximum Gasteiger partial charge on any atom is 0.217 e. The molecule has 4 heteroatoms. The Kier molecular flexibility index (Phi) is 5.05. The molecule has 84 valence electrons. The molecule has 3 nitrogen and oxygen atoms in total. The lowest BCUT2D eigenvalue weighted by Gasteiger charge is -2.11. The van der Waals surface area contributed by atoms with Gasteiger partial charge in [0.15, 0.2) is 0 Å². The van der Waals surface area contributed by atoms with Gasteiger partial charge in [-0.25, -0.2) is 4.98 Å². The van der Waals surface area contributed by atoms with E-state index in [0.717, 1.165) is 22.5 Å². The van der Waals surface area contributed by atoms with Crippen LogP contribution in [0.4, 0.5) is 0 Å². The van der Waals surface area contributed by atoms with Crippen LogP contribution in [0.5, 0.6) is 5.88 Å². The number of hydrogen-bond acceptors (Lipinski definition) is 3. The molecule has 1 heterocycles. The smallest absolute Gasteiger partial charge is 0.217 e. The van der Waals surface area contributed by atoms with Gasteiger partial charge in [-0.05, 0) is 35.0 Å². The van der Waals surface area contributed by atoms with Gasteiger partial charge in [0.2, 0.25) is 5.88 Å². The summed E-state index contributed by atoms with van der Waals surface area (Å²) >= 11 is 3.40. The lowest BCUT2D eigenvalue weighted by Crippen LogP contribution is -2.11. The van der Waals surface area contributed by atoms with E-state index < -0.39 is 0 Å². The third-order valence-electron chi connectivity index (χ3n) is 1.81. The summed E-state index contributed by atoms with van der Waals surface area (Å²) in [4.78, 5) is 4.26. The average Bonchev–Trinajstić information content (AvgIpc) is 2.17. The molecule has 0 atom stereocenters. The molecule has 0 aromatic carbocycles. The fraction of sp³-hybridized carbons (Fsp3) is 0.545. The Hall–Kier alpha value is -0.610. The van der Waals surface area contributed by atoms with Crippen LogP contribution in [0.1, 0.15) is 19.4 Å². The summed E-state index contributed by atoms with van der Waals surface area (Å²) in [5, 5.41) is 3.10. The number of aromatic nitrogens is 1. The van der Waals surface area contributed by atoms with E-state index in [0.29, 0.717) is 12.5 Å². The normalized spacial score (nSPS) is 10.7. The monoisotopic (exact) mass is 272 g/mol. The second-order valence-electron chi connectivity index (χ2n) is 3.85. The Balaban J connectivity index is 2.76. The Morgan fingerprint density at radius 3 is 2.87 bits per heavy atom. The molecule has 1 aromatic heterocycles. The van der Waals surface area contributed by atoms with Crippen molar-refractivity contribution in [2.75, 3.05) is 13.7 Å². The maximum absolute atomic E-state index is 5.63. The Bertz CT molecular complexity index is 315. The third kappa shape index (κ3) is 4.18. The van der Waals surface area contributed by atoms with Crippen LogP contribution in [-0.4, -0.2) is 18.6 Å². The van der Waals surface area contributed by atoms with Gasteiger partial charge < -0.3 is 10.1 Å². The minimum absolute atomic E-state index is 0.512. The third-order valence-corrected chi connectivity index (χ3v) is 2.25. The Morgan fingerprint density at radius 1 is 1.53 bits per heavy atom. The van der Waals surface area contributed by atoms with Gasteiger partial charge in [-0.3, -0.25) is 0 Å². The van der Waals surface area contributed by atoms with Gasteiger partial charge >= 0.3 is 0 Å². The first-order valence-electron chi connectivity index (χ1n) is 5.05. The average molecular weight is 273 g/mol. The molecule has 0 radical (unpaired) electrons. The molecule has 0 saturated carbocycles. The highest BCUT2D eigenvalue weighted by Crippen LogP contribution is 2.20. The molecule has 0 aliphatic heterocycles. The van der Waals surface area contributed by atoms with Crippen molar-refractivity contribution in [2.45, 2.75) is 20.4 Å². The molecule has 0 saturated heterocycles. The highest BCUT2D eigenvalue weighted by atomic mass is 79.9. The van der Waals surface area contributed by atoms with Gasteiger partial charge in [-0.1, -0.05) is 13.8 Å². The van der Waals surface area contributed by atoms with Crippen LogP contribution in [0.15, 0.2) is 16.7 Å². The first kappa shape index (κ1) is 12.5. The summed E-state index contributed by atoms with van der Waals surface area (Å²) in [5.74, 6) is 1.24. The van der Waals surface area contributed by atoms with E-state index >= 15 is 0 Å². The topological polar surface area (TPSA) is 34.2 Å². The number of rotatable bonds is 5. The number of pyridine rings is 1. The van der Waals surface area contributed by atoms with Gasteiger partial charge in [-0.2, -0.15) is 0 Å². The van der Waals surface area contributed by atoms with Gasteiger partial charge in [0.1, 0.15) is 0 Å². The SMILES string of the molecule is CNCc1cc(Br)cnc1OCC(C)C. The summed E-state index contributed by atoms with van der Waals surface area (Å²) in [5.41, 5.74) is 1.08. The van der Waals surface area contributed by atoms with Crippen molar-refractivity contribution in [3.63, 3.8) is 0 Å². The molecule has 0 amide bonds. The van der Waals surface area contributed by atoms with Crippen LogP contribution in [0.2, 0.25) is 0 Å². The van der Waals surface area contributed by atoms with Crippen LogP contribution >= 0.6 is 15.9 Å². The van der Waals surface area contributed by atoms with Crippen LogP contribution < -0.4 is 10.1 Å². The predicted molar refractivity (Wildman–Crippen MR) is 65.0 cm³/mol. The number of nitrogens with one attached hydrogen (secondary N) is 1. The first-order valence-corrected chi connectivity index (χ1v) is 5.84.